The molecule has 92 valence electrons. The fraction of sp³-hybridized carbons (Fsp3) is 0.818. The normalized spacial score (nSPS) is 22.4. The van der Waals surface area contributed by atoms with Crippen LogP contribution in [0, 0.1) is 0 Å². The number of nitrogens with zero attached hydrogens (tertiary/aromatic N) is 1. The summed E-state index contributed by atoms with van der Waals surface area (Å²) in [4.78, 5) is 24.7. The van der Waals surface area contributed by atoms with Gasteiger partial charge in [-0.15, -0.1) is 0 Å². The van der Waals surface area contributed by atoms with E-state index in [2.05, 4.69) is 5.32 Å². The Bertz CT molecular complexity index is 283. The van der Waals surface area contributed by atoms with Crippen LogP contribution in [0.25, 0.3) is 0 Å². The molecule has 0 bridgehead atoms. The van der Waals surface area contributed by atoms with E-state index >= 15 is 0 Å². The van der Waals surface area contributed by atoms with Gasteiger partial charge in [0.05, 0.1) is 0 Å². The number of rotatable bonds is 0. The summed E-state index contributed by atoms with van der Waals surface area (Å²) in [6.45, 7) is 8.34. The number of nitrogens with one attached hydrogen (secondary N) is 1. The zero-order chi connectivity index (χ0) is 12.3. The maximum Gasteiger partial charge on any atom is 0.410 e. The van der Waals surface area contributed by atoms with Gasteiger partial charge in [0.1, 0.15) is 5.60 Å². The lowest BCUT2D eigenvalue weighted by molar-refractivity contribution is -0.121. The second-order valence-electron chi connectivity index (χ2n) is 5.08. The van der Waals surface area contributed by atoms with Gasteiger partial charge < -0.3 is 15.0 Å². The van der Waals surface area contributed by atoms with E-state index in [0.717, 1.165) is 0 Å². The highest BCUT2D eigenvalue weighted by molar-refractivity contribution is 5.78. The number of amides is 2. The van der Waals surface area contributed by atoms with Crippen molar-refractivity contribution in [1.29, 1.82) is 0 Å². The molecule has 1 rings (SSSR count). The van der Waals surface area contributed by atoms with Gasteiger partial charge in [0.25, 0.3) is 0 Å². The molecule has 1 N–H and O–H groups in total. The van der Waals surface area contributed by atoms with Crippen molar-refractivity contribution in [3.05, 3.63) is 0 Å². The first-order valence-corrected chi connectivity index (χ1v) is 5.56. The molecule has 16 heavy (non-hydrogen) atoms. The van der Waals surface area contributed by atoms with Crippen LogP contribution in [0.2, 0.25) is 0 Å². The van der Waals surface area contributed by atoms with Gasteiger partial charge >= 0.3 is 6.09 Å². The van der Waals surface area contributed by atoms with Crippen molar-refractivity contribution < 1.29 is 14.3 Å². The van der Waals surface area contributed by atoms with Gasteiger partial charge in [-0.1, -0.05) is 0 Å². The van der Waals surface area contributed by atoms with E-state index in [-0.39, 0.29) is 18.0 Å². The zero-order valence-corrected chi connectivity index (χ0v) is 10.4. The molecule has 1 aliphatic rings. The minimum absolute atomic E-state index is 0.0152. The maximum atomic E-state index is 11.8. The number of hydrogen-bond donors (Lipinski definition) is 1. The smallest absolute Gasteiger partial charge is 0.410 e. The summed E-state index contributed by atoms with van der Waals surface area (Å²) in [5, 5.41) is 2.73. The summed E-state index contributed by atoms with van der Waals surface area (Å²) < 4.78 is 5.29. The van der Waals surface area contributed by atoms with E-state index in [9.17, 15) is 9.59 Å². The standard InChI is InChI=1S/C11H20N2O3/c1-8-7-9(14)12-5-6-13(8)10(15)16-11(2,3)4/h8H,5-7H2,1-4H3,(H,12,14). The van der Waals surface area contributed by atoms with Crippen molar-refractivity contribution in [2.24, 2.45) is 0 Å². The monoisotopic (exact) mass is 228 g/mol. The second kappa shape index (κ2) is 4.72. The van der Waals surface area contributed by atoms with Gasteiger partial charge in [0.2, 0.25) is 5.91 Å². The SMILES string of the molecule is CC1CC(=O)NCCN1C(=O)OC(C)(C)C. The highest BCUT2D eigenvalue weighted by atomic mass is 16.6. The summed E-state index contributed by atoms with van der Waals surface area (Å²) in [5.74, 6) is -0.0152. The number of carbonyl (C=O) groups is 2. The summed E-state index contributed by atoms with van der Waals surface area (Å²) in [6, 6.07) is -0.114. The number of ether oxygens (including phenoxy) is 1. The Morgan fingerprint density at radius 2 is 2.12 bits per heavy atom. The lowest BCUT2D eigenvalue weighted by atomic mass is 10.2. The molecular weight excluding hydrogens is 208 g/mol. The molecule has 1 heterocycles. The molecule has 2 amide bonds. The van der Waals surface area contributed by atoms with Crippen LogP contribution in [0.4, 0.5) is 4.79 Å². The molecular formula is C11H20N2O3. The fourth-order valence-electron chi connectivity index (χ4n) is 1.58. The summed E-state index contributed by atoms with van der Waals surface area (Å²) >= 11 is 0. The fourth-order valence-corrected chi connectivity index (χ4v) is 1.58. The number of carbonyl (C=O) groups excluding carboxylic acids is 2. The predicted molar refractivity (Wildman–Crippen MR) is 60.0 cm³/mol. The Hall–Kier alpha value is -1.26. The molecule has 0 aromatic heterocycles. The van der Waals surface area contributed by atoms with Crippen LogP contribution in [0.5, 0.6) is 0 Å². The molecule has 0 spiro atoms. The summed E-state index contributed by atoms with van der Waals surface area (Å²) in [7, 11) is 0. The maximum absolute atomic E-state index is 11.8. The van der Waals surface area contributed by atoms with Gasteiger partial charge in [-0.25, -0.2) is 4.79 Å². The van der Waals surface area contributed by atoms with Crippen LogP contribution in [0.3, 0.4) is 0 Å². The molecule has 0 aliphatic carbocycles. The molecule has 1 atom stereocenters. The van der Waals surface area contributed by atoms with Crippen LogP contribution < -0.4 is 5.32 Å². The Kier molecular flexibility index (Phi) is 3.78. The molecule has 1 unspecified atom stereocenters. The predicted octanol–water partition coefficient (Wildman–Crippen LogP) is 1.13. The topological polar surface area (TPSA) is 58.6 Å². The molecule has 1 saturated heterocycles. The molecule has 0 aromatic carbocycles. The summed E-state index contributed by atoms with van der Waals surface area (Å²) in [5.41, 5.74) is -0.499. The highest BCUT2D eigenvalue weighted by Crippen LogP contribution is 2.14. The van der Waals surface area contributed by atoms with Crippen LogP contribution >= 0.6 is 0 Å². The lowest BCUT2D eigenvalue weighted by Gasteiger charge is -2.29. The van der Waals surface area contributed by atoms with Gasteiger partial charge in [-0.2, -0.15) is 0 Å². The minimum Gasteiger partial charge on any atom is -0.444 e. The Labute approximate surface area is 96.1 Å². The van der Waals surface area contributed by atoms with Gasteiger partial charge in [-0.05, 0) is 27.7 Å². The molecule has 0 aromatic rings. The minimum atomic E-state index is -0.499. The number of hydrogen-bond acceptors (Lipinski definition) is 3. The van der Waals surface area contributed by atoms with E-state index in [1.807, 2.05) is 27.7 Å². The Balaban J connectivity index is 2.64. The Morgan fingerprint density at radius 1 is 1.50 bits per heavy atom. The average molecular weight is 228 g/mol. The van der Waals surface area contributed by atoms with E-state index in [4.69, 9.17) is 4.74 Å². The highest BCUT2D eigenvalue weighted by Gasteiger charge is 2.28. The summed E-state index contributed by atoms with van der Waals surface area (Å²) in [6.07, 6.45) is -0.0179. The zero-order valence-electron chi connectivity index (χ0n) is 10.4. The molecule has 5 nitrogen and oxygen atoms in total. The van der Waals surface area contributed by atoms with Crippen molar-refractivity contribution in [3.63, 3.8) is 0 Å². The lowest BCUT2D eigenvalue weighted by Crippen LogP contribution is -2.42. The first-order valence-electron chi connectivity index (χ1n) is 5.56. The van der Waals surface area contributed by atoms with Gasteiger partial charge in [0, 0.05) is 25.6 Å². The van der Waals surface area contributed by atoms with Crippen LogP contribution in [-0.4, -0.2) is 41.6 Å². The average Bonchev–Trinajstić information content (AvgIpc) is 2.23. The van der Waals surface area contributed by atoms with Crippen molar-refractivity contribution in [2.45, 2.75) is 45.8 Å². The third kappa shape index (κ3) is 3.72. The van der Waals surface area contributed by atoms with Crippen molar-refractivity contribution in [3.8, 4) is 0 Å². The van der Waals surface area contributed by atoms with Gasteiger partial charge in [0.15, 0.2) is 0 Å². The first kappa shape index (κ1) is 12.8. The van der Waals surface area contributed by atoms with Crippen molar-refractivity contribution in [1.82, 2.24) is 10.2 Å². The van der Waals surface area contributed by atoms with Crippen LogP contribution in [-0.2, 0) is 9.53 Å². The molecule has 5 heteroatoms. The Morgan fingerprint density at radius 3 is 2.69 bits per heavy atom. The molecule has 1 fully saturated rings. The first-order chi connectivity index (χ1) is 7.29. The third-order valence-electron chi connectivity index (χ3n) is 2.32. The molecule has 1 aliphatic heterocycles. The largest absolute Gasteiger partial charge is 0.444 e. The van der Waals surface area contributed by atoms with Crippen molar-refractivity contribution >= 4 is 12.0 Å². The van der Waals surface area contributed by atoms with E-state index in [0.29, 0.717) is 19.5 Å². The van der Waals surface area contributed by atoms with Crippen molar-refractivity contribution in [2.75, 3.05) is 13.1 Å². The van der Waals surface area contributed by atoms with Crippen LogP contribution in [0.15, 0.2) is 0 Å². The second-order valence-corrected chi connectivity index (χ2v) is 5.08. The van der Waals surface area contributed by atoms with E-state index in [1.54, 1.807) is 4.90 Å². The quantitative estimate of drug-likeness (QED) is 0.676. The van der Waals surface area contributed by atoms with E-state index in [1.165, 1.54) is 0 Å². The third-order valence-corrected chi connectivity index (χ3v) is 2.32. The van der Waals surface area contributed by atoms with Crippen LogP contribution in [0.1, 0.15) is 34.1 Å². The van der Waals surface area contributed by atoms with Gasteiger partial charge in [-0.3, -0.25) is 4.79 Å². The molecule has 0 radical (unpaired) electrons. The molecule has 0 saturated carbocycles. The van der Waals surface area contributed by atoms with E-state index < -0.39 is 5.60 Å².